The zero-order chi connectivity index (χ0) is 12.7. The first-order valence-electron chi connectivity index (χ1n) is 8.04. The van der Waals surface area contributed by atoms with Crippen molar-refractivity contribution in [3.63, 3.8) is 0 Å². The summed E-state index contributed by atoms with van der Waals surface area (Å²) in [6, 6.07) is 0. The fourth-order valence-corrected chi connectivity index (χ4v) is 4.52. The molecule has 1 N–H and O–H groups in total. The van der Waals surface area contributed by atoms with E-state index in [1.807, 2.05) is 0 Å². The van der Waals surface area contributed by atoms with Crippen LogP contribution in [0.3, 0.4) is 0 Å². The zero-order valence-electron chi connectivity index (χ0n) is 11.6. The summed E-state index contributed by atoms with van der Waals surface area (Å²) in [5.74, 6) is 5.11. The molecule has 0 bridgehead atoms. The number of hydrogen-bond acceptors (Lipinski definition) is 3. The molecule has 2 saturated carbocycles. The Kier molecular flexibility index (Phi) is 3.06. The first-order valence-corrected chi connectivity index (χ1v) is 8.04. The Morgan fingerprint density at radius 2 is 1.89 bits per heavy atom. The molecule has 2 fully saturated rings. The molecule has 2 aliphatic carbocycles. The Morgan fingerprint density at radius 3 is 2.84 bits per heavy atom. The maximum Gasteiger partial charge on any atom is 0.147 e. The zero-order valence-corrected chi connectivity index (χ0v) is 11.6. The van der Waals surface area contributed by atoms with E-state index in [1.54, 1.807) is 0 Å². The van der Waals surface area contributed by atoms with E-state index in [0.29, 0.717) is 5.92 Å². The minimum Gasteiger partial charge on any atom is -0.312 e. The van der Waals surface area contributed by atoms with Gasteiger partial charge < -0.3 is 9.88 Å². The molecule has 1 aliphatic heterocycles. The maximum atomic E-state index is 4.53. The summed E-state index contributed by atoms with van der Waals surface area (Å²) in [5.41, 5.74) is 0. The van der Waals surface area contributed by atoms with Crippen molar-refractivity contribution in [2.75, 3.05) is 6.54 Å². The van der Waals surface area contributed by atoms with Gasteiger partial charge in [0.05, 0.1) is 6.54 Å². The molecule has 1 aromatic heterocycles. The SMILES string of the molecule is C1CCC2CC(c3nnc4n3CCNC4)CCC2C1. The van der Waals surface area contributed by atoms with Crippen LogP contribution in [0, 0.1) is 11.8 Å². The van der Waals surface area contributed by atoms with Crippen LogP contribution in [0.1, 0.15) is 62.5 Å². The topological polar surface area (TPSA) is 42.7 Å². The third kappa shape index (κ3) is 2.10. The number of nitrogens with zero attached hydrogens (tertiary/aromatic N) is 3. The van der Waals surface area contributed by atoms with Crippen molar-refractivity contribution in [3.8, 4) is 0 Å². The number of nitrogens with one attached hydrogen (secondary N) is 1. The van der Waals surface area contributed by atoms with Gasteiger partial charge >= 0.3 is 0 Å². The van der Waals surface area contributed by atoms with Crippen LogP contribution in [-0.2, 0) is 13.1 Å². The van der Waals surface area contributed by atoms with Gasteiger partial charge in [0.1, 0.15) is 11.6 Å². The summed E-state index contributed by atoms with van der Waals surface area (Å²) >= 11 is 0. The molecular weight excluding hydrogens is 236 g/mol. The van der Waals surface area contributed by atoms with Crippen LogP contribution < -0.4 is 5.32 Å². The largest absolute Gasteiger partial charge is 0.312 e. The van der Waals surface area contributed by atoms with E-state index < -0.39 is 0 Å². The van der Waals surface area contributed by atoms with E-state index in [9.17, 15) is 0 Å². The molecule has 104 valence electrons. The Balaban J connectivity index is 1.54. The smallest absolute Gasteiger partial charge is 0.147 e. The van der Waals surface area contributed by atoms with Crippen molar-refractivity contribution in [2.24, 2.45) is 11.8 Å². The standard InChI is InChI=1S/C15H24N4/c1-2-4-12-9-13(6-5-11(12)3-1)15-18-17-14-10-16-7-8-19(14)15/h11-13,16H,1-10H2. The molecule has 0 saturated heterocycles. The second-order valence-corrected chi connectivity index (χ2v) is 6.62. The normalized spacial score (nSPS) is 34.6. The summed E-state index contributed by atoms with van der Waals surface area (Å²) in [6.07, 6.45) is 10.0. The van der Waals surface area contributed by atoms with Gasteiger partial charge in [-0.25, -0.2) is 0 Å². The van der Waals surface area contributed by atoms with Crippen LogP contribution in [0.15, 0.2) is 0 Å². The second-order valence-electron chi connectivity index (χ2n) is 6.62. The van der Waals surface area contributed by atoms with E-state index in [1.165, 1.54) is 50.8 Å². The Labute approximate surface area is 115 Å². The first-order chi connectivity index (χ1) is 9.42. The van der Waals surface area contributed by atoms with Crippen molar-refractivity contribution in [1.29, 1.82) is 0 Å². The molecule has 4 rings (SSSR count). The lowest BCUT2D eigenvalue weighted by Crippen LogP contribution is -2.31. The van der Waals surface area contributed by atoms with Gasteiger partial charge in [-0.1, -0.05) is 25.7 Å². The van der Waals surface area contributed by atoms with E-state index in [-0.39, 0.29) is 0 Å². The van der Waals surface area contributed by atoms with Gasteiger partial charge in [-0.05, 0) is 31.1 Å². The van der Waals surface area contributed by atoms with Crippen molar-refractivity contribution >= 4 is 0 Å². The molecule has 3 aliphatic rings. The Morgan fingerprint density at radius 1 is 1.00 bits per heavy atom. The Hall–Kier alpha value is -0.900. The second kappa shape index (κ2) is 4.89. The highest BCUT2D eigenvalue weighted by molar-refractivity contribution is 5.06. The number of fused-ring (bicyclic) bond motifs is 2. The molecule has 0 radical (unpaired) electrons. The van der Waals surface area contributed by atoms with Crippen molar-refractivity contribution < 1.29 is 0 Å². The molecule has 19 heavy (non-hydrogen) atoms. The van der Waals surface area contributed by atoms with Gasteiger partial charge in [0.2, 0.25) is 0 Å². The van der Waals surface area contributed by atoms with Gasteiger partial charge in [-0.3, -0.25) is 0 Å². The lowest BCUT2D eigenvalue weighted by atomic mass is 9.67. The monoisotopic (exact) mass is 260 g/mol. The molecule has 2 heterocycles. The minimum atomic E-state index is 0.679. The van der Waals surface area contributed by atoms with Crippen LogP contribution in [0.2, 0.25) is 0 Å². The van der Waals surface area contributed by atoms with E-state index in [2.05, 4.69) is 20.1 Å². The Bertz CT molecular complexity index is 453. The highest BCUT2D eigenvalue weighted by atomic mass is 15.3. The minimum absolute atomic E-state index is 0.679. The molecule has 0 spiro atoms. The quantitative estimate of drug-likeness (QED) is 0.843. The maximum absolute atomic E-state index is 4.53. The summed E-state index contributed by atoms with van der Waals surface area (Å²) < 4.78 is 2.39. The molecule has 3 unspecified atom stereocenters. The predicted octanol–water partition coefficient (Wildman–Crippen LogP) is 2.46. The third-order valence-corrected chi connectivity index (χ3v) is 5.56. The van der Waals surface area contributed by atoms with Gasteiger partial charge in [0.15, 0.2) is 0 Å². The highest BCUT2D eigenvalue weighted by Gasteiger charge is 2.35. The summed E-state index contributed by atoms with van der Waals surface area (Å²) in [4.78, 5) is 0. The summed E-state index contributed by atoms with van der Waals surface area (Å²) in [5, 5.41) is 12.3. The molecule has 3 atom stereocenters. The fourth-order valence-electron chi connectivity index (χ4n) is 4.52. The van der Waals surface area contributed by atoms with E-state index in [0.717, 1.165) is 37.3 Å². The molecule has 1 aromatic rings. The number of hydrogen-bond donors (Lipinski definition) is 1. The van der Waals surface area contributed by atoms with Gasteiger partial charge in [0.25, 0.3) is 0 Å². The van der Waals surface area contributed by atoms with Gasteiger partial charge in [-0.2, -0.15) is 0 Å². The van der Waals surface area contributed by atoms with Gasteiger partial charge in [0, 0.05) is 19.0 Å². The van der Waals surface area contributed by atoms with Crippen LogP contribution >= 0.6 is 0 Å². The molecule has 0 aromatic carbocycles. The van der Waals surface area contributed by atoms with Crippen LogP contribution in [0.25, 0.3) is 0 Å². The average Bonchev–Trinajstić information content (AvgIpc) is 2.91. The highest BCUT2D eigenvalue weighted by Crippen LogP contribution is 2.45. The van der Waals surface area contributed by atoms with E-state index >= 15 is 0 Å². The number of aromatic nitrogens is 3. The van der Waals surface area contributed by atoms with Crippen molar-refractivity contribution in [2.45, 2.75) is 64.0 Å². The van der Waals surface area contributed by atoms with Crippen molar-refractivity contribution in [1.82, 2.24) is 20.1 Å². The fraction of sp³-hybridized carbons (Fsp3) is 0.867. The summed E-state index contributed by atoms with van der Waals surface area (Å²) in [7, 11) is 0. The predicted molar refractivity (Wildman–Crippen MR) is 73.8 cm³/mol. The van der Waals surface area contributed by atoms with Gasteiger partial charge in [-0.15, -0.1) is 10.2 Å². The number of rotatable bonds is 1. The van der Waals surface area contributed by atoms with E-state index in [4.69, 9.17) is 0 Å². The molecule has 0 amide bonds. The molecule has 4 heteroatoms. The van der Waals surface area contributed by atoms with Crippen molar-refractivity contribution in [3.05, 3.63) is 11.6 Å². The lowest BCUT2D eigenvalue weighted by Gasteiger charge is -2.39. The van der Waals surface area contributed by atoms with Crippen LogP contribution in [-0.4, -0.2) is 21.3 Å². The lowest BCUT2D eigenvalue weighted by molar-refractivity contribution is 0.151. The summed E-state index contributed by atoms with van der Waals surface area (Å²) in [6.45, 7) is 3.02. The van der Waals surface area contributed by atoms with Crippen LogP contribution in [0.4, 0.5) is 0 Å². The third-order valence-electron chi connectivity index (χ3n) is 5.56. The molecular formula is C15H24N4. The molecule has 4 nitrogen and oxygen atoms in total. The van der Waals surface area contributed by atoms with Crippen LogP contribution in [0.5, 0.6) is 0 Å². The average molecular weight is 260 g/mol. The first kappa shape index (κ1) is 11.9.